The maximum Gasteiger partial charge on any atom is 0.331 e. The molecule has 0 saturated heterocycles. The van der Waals surface area contributed by atoms with E-state index >= 15 is 0 Å². The largest absolute Gasteiger partial charge is 0.466 e. The van der Waals surface area contributed by atoms with Crippen LogP contribution in [-0.2, 0) is 25.7 Å². The maximum atomic E-state index is 11.1. The molecule has 16 heavy (non-hydrogen) atoms. The Morgan fingerprint density at radius 3 is 2.38 bits per heavy atom. The molecule has 0 N–H and O–H groups in total. The standard InChI is InChI=1S/C12H12O4/c1-15-11(13)7-8-12(14)16-9-10-5-3-2-4-6-10/h2-8H,9H2,1H3/b8-7-. The molecule has 0 aromatic heterocycles. The van der Waals surface area contributed by atoms with Gasteiger partial charge in [0.15, 0.2) is 0 Å². The summed E-state index contributed by atoms with van der Waals surface area (Å²) in [7, 11) is 1.24. The number of hydrogen-bond donors (Lipinski definition) is 0. The Hall–Kier alpha value is -2.10. The van der Waals surface area contributed by atoms with Crippen LogP contribution in [0.1, 0.15) is 5.56 Å². The van der Waals surface area contributed by atoms with Crippen LogP contribution < -0.4 is 0 Å². The summed E-state index contributed by atoms with van der Waals surface area (Å²) in [6.45, 7) is 0.186. The molecular weight excluding hydrogens is 208 g/mol. The Morgan fingerprint density at radius 2 is 1.75 bits per heavy atom. The van der Waals surface area contributed by atoms with E-state index < -0.39 is 11.9 Å². The summed E-state index contributed by atoms with van der Waals surface area (Å²) in [6.07, 6.45) is 2.06. The number of methoxy groups -OCH3 is 1. The van der Waals surface area contributed by atoms with Crippen molar-refractivity contribution >= 4 is 11.9 Å². The van der Waals surface area contributed by atoms with Crippen LogP contribution in [0.3, 0.4) is 0 Å². The molecule has 0 amide bonds. The number of hydrogen-bond acceptors (Lipinski definition) is 4. The highest BCUT2D eigenvalue weighted by atomic mass is 16.5. The van der Waals surface area contributed by atoms with E-state index in [4.69, 9.17) is 4.74 Å². The molecule has 0 spiro atoms. The van der Waals surface area contributed by atoms with E-state index in [1.54, 1.807) is 0 Å². The van der Waals surface area contributed by atoms with Crippen LogP contribution in [0, 0.1) is 0 Å². The first-order valence-electron chi connectivity index (χ1n) is 4.69. The molecule has 0 atom stereocenters. The maximum absolute atomic E-state index is 11.1. The van der Waals surface area contributed by atoms with Crippen molar-refractivity contribution in [3.05, 3.63) is 48.0 Å². The van der Waals surface area contributed by atoms with Crippen LogP contribution in [0.15, 0.2) is 42.5 Å². The number of carbonyl (C=O) groups is 2. The van der Waals surface area contributed by atoms with E-state index in [0.717, 1.165) is 17.7 Å². The van der Waals surface area contributed by atoms with Crippen LogP contribution in [0.2, 0.25) is 0 Å². The van der Waals surface area contributed by atoms with Gasteiger partial charge in [0.1, 0.15) is 6.61 Å². The first-order valence-corrected chi connectivity index (χ1v) is 4.69. The third-order valence-corrected chi connectivity index (χ3v) is 1.78. The molecule has 0 radical (unpaired) electrons. The smallest absolute Gasteiger partial charge is 0.331 e. The first kappa shape index (κ1) is 12.0. The van der Waals surface area contributed by atoms with Crippen molar-refractivity contribution in [2.75, 3.05) is 7.11 Å². The molecule has 0 saturated carbocycles. The van der Waals surface area contributed by atoms with Gasteiger partial charge in [0, 0.05) is 12.2 Å². The van der Waals surface area contributed by atoms with E-state index in [1.165, 1.54) is 7.11 Å². The topological polar surface area (TPSA) is 52.6 Å². The molecule has 1 aromatic carbocycles. The second-order valence-electron chi connectivity index (χ2n) is 2.95. The lowest BCUT2D eigenvalue weighted by molar-refractivity contribution is -0.140. The number of rotatable bonds is 4. The van der Waals surface area contributed by atoms with Crippen LogP contribution in [-0.4, -0.2) is 19.0 Å². The zero-order valence-corrected chi connectivity index (χ0v) is 8.88. The van der Waals surface area contributed by atoms with Crippen LogP contribution in [0.4, 0.5) is 0 Å². The molecule has 4 heteroatoms. The molecule has 84 valence electrons. The van der Waals surface area contributed by atoms with Crippen molar-refractivity contribution in [3.63, 3.8) is 0 Å². The second-order valence-corrected chi connectivity index (χ2v) is 2.95. The molecule has 0 aliphatic heterocycles. The molecule has 0 heterocycles. The minimum atomic E-state index is -0.586. The van der Waals surface area contributed by atoms with E-state index in [2.05, 4.69) is 4.74 Å². The average molecular weight is 220 g/mol. The Labute approximate surface area is 93.5 Å². The molecule has 0 unspecified atom stereocenters. The van der Waals surface area contributed by atoms with Crippen LogP contribution in [0.5, 0.6) is 0 Å². The van der Waals surface area contributed by atoms with E-state index in [1.807, 2.05) is 30.3 Å². The lowest BCUT2D eigenvalue weighted by atomic mass is 10.2. The summed E-state index contributed by atoms with van der Waals surface area (Å²) in [5, 5.41) is 0. The molecule has 0 bridgehead atoms. The van der Waals surface area contributed by atoms with Gasteiger partial charge in [-0.05, 0) is 5.56 Å². The average Bonchev–Trinajstić information content (AvgIpc) is 2.34. The van der Waals surface area contributed by atoms with E-state index in [0.29, 0.717) is 0 Å². The summed E-state index contributed by atoms with van der Waals surface area (Å²) in [6, 6.07) is 9.28. The van der Waals surface area contributed by atoms with Gasteiger partial charge in [-0.1, -0.05) is 30.3 Å². The number of esters is 2. The Kier molecular flexibility index (Phi) is 4.79. The highest BCUT2D eigenvalue weighted by Crippen LogP contribution is 2.00. The molecule has 1 rings (SSSR count). The van der Waals surface area contributed by atoms with Crippen LogP contribution >= 0.6 is 0 Å². The second kappa shape index (κ2) is 6.40. The Balaban J connectivity index is 2.36. The SMILES string of the molecule is COC(=O)/C=C\C(=O)OCc1ccccc1. The summed E-state index contributed by atoms with van der Waals surface area (Å²) < 4.78 is 9.22. The summed E-state index contributed by atoms with van der Waals surface area (Å²) in [4.78, 5) is 21.8. The van der Waals surface area contributed by atoms with Crippen molar-refractivity contribution in [3.8, 4) is 0 Å². The van der Waals surface area contributed by atoms with Gasteiger partial charge < -0.3 is 9.47 Å². The monoisotopic (exact) mass is 220 g/mol. The minimum absolute atomic E-state index is 0.186. The van der Waals surface area contributed by atoms with Crippen molar-refractivity contribution in [1.82, 2.24) is 0 Å². The van der Waals surface area contributed by atoms with Gasteiger partial charge in [-0.2, -0.15) is 0 Å². The number of carbonyl (C=O) groups excluding carboxylic acids is 2. The third-order valence-electron chi connectivity index (χ3n) is 1.78. The van der Waals surface area contributed by atoms with Gasteiger partial charge in [-0.15, -0.1) is 0 Å². The van der Waals surface area contributed by atoms with Crippen molar-refractivity contribution < 1.29 is 19.1 Å². The summed E-state index contributed by atoms with van der Waals surface area (Å²) >= 11 is 0. The fraction of sp³-hybridized carbons (Fsp3) is 0.167. The zero-order chi connectivity index (χ0) is 11.8. The number of ether oxygens (including phenoxy) is 2. The fourth-order valence-corrected chi connectivity index (χ4v) is 0.981. The van der Waals surface area contributed by atoms with Crippen molar-refractivity contribution in [2.45, 2.75) is 6.61 Å². The lowest BCUT2D eigenvalue weighted by Crippen LogP contribution is -2.02. The van der Waals surface area contributed by atoms with Gasteiger partial charge in [0.05, 0.1) is 7.11 Å². The van der Waals surface area contributed by atoms with E-state index in [-0.39, 0.29) is 6.61 Å². The van der Waals surface area contributed by atoms with Gasteiger partial charge in [-0.3, -0.25) is 0 Å². The molecule has 0 fully saturated rings. The highest BCUT2D eigenvalue weighted by molar-refractivity contribution is 5.91. The van der Waals surface area contributed by atoms with Crippen molar-refractivity contribution in [2.24, 2.45) is 0 Å². The molecular formula is C12H12O4. The van der Waals surface area contributed by atoms with Gasteiger partial charge in [-0.25, -0.2) is 9.59 Å². The molecule has 0 aliphatic carbocycles. The third kappa shape index (κ3) is 4.41. The molecule has 0 aliphatic rings. The highest BCUT2D eigenvalue weighted by Gasteiger charge is 1.99. The summed E-state index contributed by atoms with van der Waals surface area (Å²) in [5.74, 6) is -1.16. The van der Waals surface area contributed by atoms with Gasteiger partial charge >= 0.3 is 11.9 Å². The predicted octanol–water partition coefficient (Wildman–Crippen LogP) is 1.46. The predicted molar refractivity (Wildman–Crippen MR) is 57.4 cm³/mol. The lowest BCUT2D eigenvalue weighted by Gasteiger charge is -2.01. The van der Waals surface area contributed by atoms with Gasteiger partial charge in [0.2, 0.25) is 0 Å². The Morgan fingerprint density at radius 1 is 1.12 bits per heavy atom. The zero-order valence-electron chi connectivity index (χ0n) is 8.88. The first-order chi connectivity index (χ1) is 7.72. The fourth-order valence-electron chi connectivity index (χ4n) is 0.981. The van der Waals surface area contributed by atoms with E-state index in [9.17, 15) is 9.59 Å². The van der Waals surface area contributed by atoms with Crippen LogP contribution in [0.25, 0.3) is 0 Å². The van der Waals surface area contributed by atoms with Gasteiger partial charge in [0.25, 0.3) is 0 Å². The van der Waals surface area contributed by atoms with Crippen molar-refractivity contribution in [1.29, 1.82) is 0 Å². The molecule has 4 nitrogen and oxygen atoms in total. The number of benzene rings is 1. The molecule has 1 aromatic rings. The minimum Gasteiger partial charge on any atom is -0.466 e. The Bertz CT molecular complexity index is 381. The quantitative estimate of drug-likeness (QED) is 0.569. The normalized spacial score (nSPS) is 10.1. The summed E-state index contributed by atoms with van der Waals surface area (Å²) in [5.41, 5.74) is 0.891.